The smallest absolute Gasteiger partial charge is 0.352 e. The van der Waals surface area contributed by atoms with E-state index in [1.54, 1.807) is 6.07 Å². The molecular weight excluding hydrogens is 254 g/mol. The van der Waals surface area contributed by atoms with Crippen LogP contribution in [-0.4, -0.2) is 53.3 Å². The molecule has 5 heteroatoms. The number of aromatic carboxylic acids is 1. The maximum absolute atomic E-state index is 11.4. The van der Waals surface area contributed by atoms with Crippen molar-refractivity contribution in [3.05, 3.63) is 36.0 Å². The van der Waals surface area contributed by atoms with E-state index in [9.17, 15) is 9.90 Å². The molecule has 1 aliphatic heterocycles. The van der Waals surface area contributed by atoms with E-state index < -0.39 is 5.97 Å². The van der Waals surface area contributed by atoms with Crippen LogP contribution in [0.2, 0.25) is 0 Å². The Morgan fingerprint density at radius 2 is 1.95 bits per heavy atom. The SMILES string of the molecule is O=C(O)c1cc2ccccc2n1CCN1CCNCC1. The second-order valence-corrected chi connectivity index (χ2v) is 5.14. The number of nitrogens with zero attached hydrogens (tertiary/aromatic N) is 2. The van der Waals surface area contributed by atoms with Crippen LogP contribution in [0.15, 0.2) is 30.3 Å². The highest BCUT2D eigenvalue weighted by molar-refractivity contribution is 5.94. The molecule has 1 fully saturated rings. The zero-order valence-electron chi connectivity index (χ0n) is 11.4. The number of carboxylic acid groups (broad SMARTS) is 1. The first-order chi connectivity index (χ1) is 9.75. The van der Waals surface area contributed by atoms with Gasteiger partial charge < -0.3 is 15.0 Å². The Balaban J connectivity index is 1.84. The van der Waals surface area contributed by atoms with Gasteiger partial charge in [0, 0.05) is 50.2 Å². The highest BCUT2D eigenvalue weighted by atomic mass is 16.4. The lowest BCUT2D eigenvalue weighted by Crippen LogP contribution is -2.44. The molecule has 2 aromatic rings. The lowest BCUT2D eigenvalue weighted by molar-refractivity contribution is 0.0684. The standard InChI is InChI=1S/C15H19N3O2/c19-15(20)14-11-12-3-1-2-4-13(12)18(14)10-9-17-7-5-16-6-8-17/h1-4,11,16H,5-10H2,(H,19,20). The highest BCUT2D eigenvalue weighted by Gasteiger charge is 2.16. The van der Waals surface area contributed by atoms with Crippen LogP contribution in [0.5, 0.6) is 0 Å². The van der Waals surface area contributed by atoms with Gasteiger partial charge in [-0.1, -0.05) is 18.2 Å². The molecule has 5 nitrogen and oxygen atoms in total. The Bertz CT molecular complexity index is 615. The van der Waals surface area contributed by atoms with Crippen molar-refractivity contribution in [2.45, 2.75) is 6.54 Å². The number of aromatic nitrogens is 1. The second kappa shape index (κ2) is 5.64. The summed E-state index contributed by atoms with van der Waals surface area (Å²) in [7, 11) is 0. The average Bonchev–Trinajstić information content (AvgIpc) is 2.85. The minimum atomic E-state index is -0.860. The Morgan fingerprint density at radius 3 is 2.70 bits per heavy atom. The zero-order valence-corrected chi connectivity index (χ0v) is 11.4. The number of piperazine rings is 1. The van der Waals surface area contributed by atoms with Crippen LogP contribution in [0.3, 0.4) is 0 Å². The molecule has 1 aromatic heterocycles. The summed E-state index contributed by atoms with van der Waals surface area (Å²) in [6, 6.07) is 9.60. The minimum absolute atomic E-state index is 0.376. The first kappa shape index (κ1) is 13.1. The van der Waals surface area contributed by atoms with Gasteiger partial charge in [0.25, 0.3) is 0 Å². The summed E-state index contributed by atoms with van der Waals surface area (Å²) in [6.45, 7) is 5.69. The van der Waals surface area contributed by atoms with E-state index in [-0.39, 0.29) is 0 Å². The molecule has 20 heavy (non-hydrogen) atoms. The van der Waals surface area contributed by atoms with Gasteiger partial charge in [-0.25, -0.2) is 4.79 Å². The van der Waals surface area contributed by atoms with Crippen molar-refractivity contribution in [1.82, 2.24) is 14.8 Å². The fourth-order valence-electron chi connectivity index (χ4n) is 2.80. The number of nitrogens with one attached hydrogen (secondary N) is 1. The molecule has 0 radical (unpaired) electrons. The Kier molecular flexibility index (Phi) is 3.71. The van der Waals surface area contributed by atoms with E-state index in [0.717, 1.165) is 50.2 Å². The summed E-state index contributed by atoms with van der Waals surface area (Å²) in [6.07, 6.45) is 0. The first-order valence-electron chi connectivity index (χ1n) is 7.00. The lowest BCUT2D eigenvalue weighted by atomic mass is 10.2. The van der Waals surface area contributed by atoms with E-state index in [1.807, 2.05) is 28.8 Å². The number of fused-ring (bicyclic) bond motifs is 1. The Morgan fingerprint density at radius 1 is 1.20 bits per heavy atom. The number of carboxylic acids is 1. The number of benzene rings is 1. The van der Waals surface area contributed by atoms with Crippen molar-refractivity contribution in [3.63, 3.8) is 0 Å². The predicted molar refractivity (Wildman–Crippen MR) is 78.2 cm³/mol. The first-order valence-corrected chi connectivity index (χ1v) is 7.00. The van der Waals surface area contributed by atoms with Crippen LogP contribution in [0.25, 0.3) is 10.9 Å². The summed E-state index contributed by atoms with van der Waals surface area (Å²) in [4.78, 5) is 13.8. The van der Waals surface area contributed by atoms with Crippen molar-refractivity contribution >= 4 is 16.9 Å². The molecule has 106 valence electrons. The van der Waals surface area contributed by atoms with Crippen molar-refractivity contribution in [1.29, 1.82) is 0 Å². The molecule has 0 amide bonds. The summed E-state index contributed by atoms with van der Waals surface area (Å²) in [5, 5.41) is 13.7. The number of hydrogen-bond acceptors (Lipinski definition) is 3. The lowest BCUT2D eigenvalue weighted by Gasteiger charge is -2.27. The number of hydrogen-bond donors (Lipinski definition) is 2. The molecule has 2 heterocycles. The Labute approximate surface area is 117 Å². The quantitative estimate of drug-likeness (QED) is 0.880. The number of rotatable bonds is 4. The van der Waals surface area contributed by atoms with Crippen LogP contribution in [0.1, 0.15) is 10.5 Å². The van der Waals surface area contributed by atoms with Gasteiger partial charge in [0.15, 0.2) is 0 Å². The molecule has 2 N–H and O–H groups in total. The summed E-state index contributed by atoms with van der Waals surface area (Å²) in [5.41, 5.74) is 1.38. The predicted octanol–water partition coefficient (Wildman–Crippen LogP) is 1.24. The van der Waals surface area contributed by atoms with Crippen molar-refractivity contribution in [3.8, 4) is 0 Å². The maximum atomic E-state index is 11.4. The minimum Gasteiger partial charge on any atom is -0.477 e. The zero-order chi connectivity index (χ0) is 13.9. The van der Waals surface area contributed by atoms with Crippen molar-refractivity contribution in [2.75, 3.05) is 32.7 Å². The van der Waals surface area contributed by atoms with E-state index >= 15 is 0 Å². The van der Waals surface area contributed by atoms with Gasteiger partial charge in [0.05, 0.1) is 0 Å². The third-order valence-corrected chi connectivity index (χ3v) is 3.88. The molecule has 0 spiro atoms. The molecule has 0 aliphatic carbocycles. The van der Waals surface area contributed by atoms with Gasteiger partial charge in [-0.2, -0.15) is 0 Å². The molecule has 0 saturated carbocycles. The number of para-hydroxylation sites is 1. The van der Waals surface area contributed by atoms with Crippen LogP contribution in [-0.2, 0) is 6.54 Å². The molecule has 0 unspecified atom stereocenters. The van der Waals surface area contributed by atoms with Crippen molar-refractivity contribution < 1.29 is 9.90 Å². The number of carbonyl (C=O) groups is 1. The van der Waals surface area contributed by atoms with Gasteiger partial charge in [0.1, 0.15) is 5.69 Å². The molecule has 1 aromatic carbocycles. The third kappa shape index (κ3) is 2.55. The maximum Gasteiger partial charge on any atom is 0.352 e. The van der Waals surface area contributed by atoms with Crippen LogP contribution in [0, 0.1) is 0 Å². The molecule has 1 saturated heterocycles. The van der Waals surface area contributed by atoms with E-state index in [4.69, 9.17) is 0 Å². The summed E-state index contributed by atoms with van der Waals surface area (Å²) >= 11 is 0. The van der Waals surface area contributed by atoms with Crippen LogP contribution < -0.4 is 5.32 Å². The Hall–Kier alpha value is -1.85. The molecule has 3 rings (SSSR count). The van der Waals surface area contributed by atoms with Gasteiger partial charge in [-0.05, 0) is 12.1 Å². The van der Waals surface area contributed by atoms with Crippen molar-refractivity contribution in [2.24, 2.45) is 0 Å². The van der Waals surface area contributed by atoms with Crippen LogP contribution in [0.4, 0.5) is 0 Å². The second-order valence-electron chi connectivity index (χ2n) is 5.14. The van der Waals surface area contributed by atoms with E-state index in [2.05, 4.69) is 10.2 Å². The summed E-state index contributed by atoms with van der Waals surface area (Å²) in [5.74, 6) is -0.860. The highest BCUT2D eigenvalue weighted by Crippen LogP contribution is 2.20. The van der Waals surface area contributed by atoms with Gasteiger partial charge >= 0.3 is 5.97 Å². The van der Waals surface area contributed by atoms with E-state index in [1.165, 1.54) is 0 Å². The normalized spacial score (nSPS) is 16.6. The summed E-state index contributed by atoms with van der Waals surface area (Å²) < 4.78 is 1.92. The fraction of sp³-hybridized carbons (Fsp3) is 0.400. The van der Waals surface area contributed by atoms with E-state index in [0.29, 0.717) is 5.69 Å². The van der Waals surface area contributed by atoms with Gasteiger partial charge in [-0.3, -0.25) is 4.90 Å². The molecule has 1 aliphatic rings. The molecular formula is C15H19N3O2. The van der Waals surface area contributed by atoms with Crippen LogP contribution >= 0.6 is 0 Å². The van der Waals surface area contributed by atoms with Gasteiger partial charge in [0.2, 0.25) is 0 Å². The monoisotopic (exact) mass is 273 g/mol. The third-order valence-electron chi connectivity index (χ3n) is 3.88. The fourth-order valence-corrected chi connectivity index (χ4v) is 2.80. The molecule has 0 atom stereocenters. The largest absolute Gasteiger partial charge is 0.477 e. The average molecular weight is 273 g/mol. The van der Waals surface area contributed by atoms with Gasteiger partial charge in [-0.15, -0.1) is 0 Å². The topological polar surface area (TPSA) is 57.5 Å². The molecule has 0 bridgehead atoms.